The van der Waals surface area contributed by atoms with Crippen molar-refractivity contribution >= 4 is 22.9 Å². The highest BCUT2D eigenvalue weighted by Crippen LogP contribution is 2.33. The number of hydrazine groups is 1. The van der Waals surface area contributed by atoms with E-state index in [0.29, 0.717) is 5.02 Å². The van der Waals surface area contributed by atoms with Crippen LogP contribution in [0.1, 0.15) is 22.0 Å². The third kappa shape index (κ3) is 2.67. The molecule has 0 radical (unpaired) electrons. The molecule has 0 saturated carbocycles. The molecule has 3 nitrogen and oxygen atoms in total. The molecule has 3 N–H and O–H groups in total. The van der Waals surface area contributed by atoms with Crippen molar-refractivity contribution in [1.82, 2.24) is 5.43 Å². The highest BCUT2D eigenvalue weighted by Gasteiger charge is 2.18. The quantitative estimate of drug-likeness (QED) is 0.668. The number of methoxy groups -OCH3 is 1. The number of halogens is 1. The Hall–Kier alpha value is -1.07. The first-order valence-electron chi connectivity index (χ1n) is 5.50. The van der Waals surface area contributed by atoms with Crippen LogP contribution in [0.25, 0.3) is 0 Å². The van der Waals surface area contributed by atoms with Gasteiger partial charge in [-0.25, -0.2) is 5.43 Å². The molecule has 2 rings (SSSR count). The Bertz CT molecular complexity index is 542. The van der Waals surface area contributed by atoms with Gasteiger partial charge in [-0.3, -0.25) is 5.84 Å². The van der Waals surface area contributed by atoms with Gasteiger partial charge in [0.15, 0.2) is 0 Å². The molecule has 5 heteroatoms. The van der Waals surface area contributed by atoms with E-state index in [-0.39, 0.29) is 6.04 Å². The highest BCUT2D eigenvalue weighted by molar-refractivity contribution is 7.10. The predicted octanol–water partition coefficient (Wildman–Crippen LogP) is 3.27. The molecule has 0 aliphatic rings. The fourth-order valence-electron chi connectivity index (χ4n) is 1.91. The fraction of sp³-hybridized carbons (Fsp3) is 0.231. The van der Waals surface area contributed by atoms with Crippen LogP contribution in [-0.2, 0) is 0 Å². The summed E-state index contributed by atoms with van der Waals surface area (Å²) in [5, 5.41) is 2.75. The van der Waals surface area contributed by atoms with E-state index in [1.807, 2.05) is 12.1 Å². The van der Waals surface area contributed by atoms with Crippen LogP contribution in [-0.4, -0.2) is 7.11 Å². The normalized spacial score (nSPS) is 12.4. The maximum Gasteiger partial charge on any atom is 0.124 e. The molecule has 0 aliphatic carbocycles. The number of thiophene rings is 1. The van der Waals surface area contributed by atoms with Crippen molar-refractivity contribution in [1.29, 1.82) is 0 Å². The Labute approximate surface area is 116 Å². The molecule has 0 spiro atoms. The predicted molar refractivity (Wildman–Crippen MR) is 76.2 cm³/mol. The van der Waals surface area contributed by atoms with Gasteiger partial charge in [0.1, 0.15) is 5.75 Å². The lowest BCUT2D eigenvalue weighted by Crippen LogP contribution is -2.28. The van der Waals surface area contributed by atoms with Crippen molar-refractivity contribution in [3.8, 4) is 5.75 Å². The van der Waals surface area contributed by atoms with Crippen LogP contribution in [0.4, 0.5) is 0 Å². The monoisotopic (exact) mass is 282 g/mol. The van der Waals surface area contributed by atoms with Gasteiger partial charge in [-0.1, -0.05) is 11.6 Å². The van der Waals surface area contributed by atoms with Gasteiger partial charge in [0.25, 0.3) is 0 Å². The summed E-state index contributed by atoms with van der Waals surface area (Å²) in [5.41, 5.74) is 4.87. The highest BCUT2D eigenvalue weighted by atomic mass is 35.5. The molecule has 1 heterocycles. The van der Waals surface area contributed by atoms with Gasteiger partial charge in [0.2, 0.25) is 0 Å². The minimum Gasteiger partial charge on any atom is -0.496 e. The van der Waals surface area contributed by atoms with E-state index in [1.54, 1.807) is 24.5 Å². The summed E-state index contributed by atoms with van der Waals surface area (Å²) in [6.07, 6.45) is 0. The molecule has 1 unspecified atom stereocenters. The van der Waals surface area contributed by atoms with E-state index in [0.717, 1.165) is 16.9 Å². The van der Waals surface area contributed by atoms with Crippen molar-refractivity contribution in [2.45, 2.75) is 13.0 Å². The molecule has 0 fully saturated rings. The molecule has 18 heavy (non-hydrogen) atoms. The third-order valence-electron chi connectivity index (χ3n) is 2.75. The number of rotatable bonds is 4. The van der Waals surface area contributed by atoms with Gasteiger partial charge in [-0.2, -0.15) is 0 Å². The second-order valence-corrected chi connectivity index (χ2v) is 5.53. The summed E-state index contributed by atoms with van der Waals surface area (Å²) in [6.45, 7) is 2.07. The molecule has 1 atom stereocenters. The van der Waals surface area contributed by atoms with Gasteiger partial charge in [0, 0.05) is 15.5 Å². The van der Waals surface area contributed by atoms with E-state index in [1.165, 1.54) is 4.88 Å². The third-order valence-corrected chi connectivity index (χ3v) is 3.87. The van der Waals surface area contributed by atoms with Crippen molar-refractivity contribution in [2.75, 3.05) is 7.11 Å². The van der Waals surface area contributed by atoms with Crippen LogP contribution < -0.4 is 16.0 Å². The second kappa shape index (κ2) is 5.71. The molecule has 96 valence electrons. The summed E-state index contributed by atoms with van der Waals surface area (Å²) < 4.78 is 5.36. The smallest absolute Gasteiger partial charge is 0.124 e. The Morgan fingerprint density at radius 1 is 1.39 bits per heavy atom. The van der Waals surface area contributed by atoms with Crippen LogP contribution in [0.3, 0.4) is 0 Å². The molecular weight excluding hydrogens is 268 g/mol. The van der Waals surface area contributed by atoms with E-state index in [2.05, 4.69) is 23.8 Å². The number of hydrogen-bond acceptors (Lipinski definition) is 4. The van der Waals surface area contributed by atoms with Gasteiger partial charge in [-0.15, -0.1) is 11.3 Å². The van der Waals surface area contributed by atoms with Crippen LogP contribution >= 0.6 is 22.9 Å². The minimum absolute atomic E-state index is 0.122. The first-order valence-corrected chi connectivity index (χ1v) is 6.76. The maximum atomic E-state index is 6.05. The Morgan fingerprint density at radius 2 is 2.17 bits per heavy atom. The average Bonchev–Trinajstić information content (AvgIpc) is 2.77. The minimum atomic E-state index is -0.122. The van der Waals surface area contributed by atoms with Crippen molar-refractivity contribution in [2.24, 2.45) is 5.84 Å². The fourth-order valence-corrected chi connectivity index (χ4v) is 2.82. The molecule has 0 aliphatic heterocycles. The molecule has 0 amide bonds. The number of aryl methyl sites for hydroxylation is 1. The Kier molecular flexibility index (Phi) is 4.24. The zero-order chi connectivity index (χ0) is 13.1. The number of hydrogen-bond donors (Lipinski definition) is 2. The summed E-state index contributed by atoms with van der Waals surface area (Å²) in [5.74, 6) is 6.45. The van der Waals surface area contributed by atoms with Crippen LogP contribution in [0.5, 0.6) is 5.75 Å². The Morgan fingerprint density at radius 3 is 2.72 bits per heavy atom. The zero-order valence-electron chi connectivity index (χ0n) is 10.2. The van der Waals surface area contributed by atoms with Crippen LogP contribution in [0, 0.1) is 6.92 Å². The van der Waals surface area contributed by atoms with Gasteiger partial charge in [0.05, 0.1) is 13.2 Å². The van der Waals surface area contributed by atoms with Gasteiger partial charge < -0.3 is 4.74 Å². The molecular formula is C13H15ClN2OS. The largest absolute Gasteiger partial charge is 0.496 e. The van der Waals surface area contributed by atoms with Crippen molar-refractivity contribution in [3.05, 3.63) is 50.7 Å². The first-order chi connectivity index (χ1) is 8.65. The van der Waals surface area contributed by atoms with E-state index in [9.17, 15) is 0 Å². The maximum absolute atomic E-state index is 6.05. The summed E-state index contributed by atoms with van der Waals surface area (Å²) in [7, 11) is 1.64. The molecule has 2 aromatic rings. The summed E-state index contributed by atoms with van der Waals surface area (Å²) in [4.78, 5) is 1.24. The SMILES string of the molecule is COc1ccc(Cl)cc1C(NN)c1csc(C)c1. The zero-order valence-corrected chi connectivity index (χ0v) is 11.8. The molecule has 1 aromatic heterocycles. The number of nitrogens with one attached hydrogen (secondary N) is 1. The van der Waals surface area contributed by atoms with Gasteiger partial charge >= 0.3 is 0 Å². The molecule has 1 aromatic carbocycles. The number of benzene rings is 1. The summed E-state index contributed by atoms with van der Waals surface area (Å²) >= 11 is 7.74. The molecule has 0 saturated heterocycles. The van der Waals surface area contributed by atoms with Crippen LogP contribution in [0.15, 0.2) is 29.6 Å². The lowest BCUT2D eigenvalue weighted by Gasteiger charge is -2.18. The van der Waals surface area contributed by atoms with Crippen molar-refractivity contribution < 1.29 is 4.74 Å². The topological polar surface area (TPSA) is 47.3 Å². The van der Waals surface area contributed by atoms with Crippen molar-refractivity contribution in [3.63, 3.8) is 0 Å². The molecule has 0 bridgehead atoms. The average molecular weight is 283 g/mol. The second-order valence-electron chi connectivity index (χ2n) is 3.98. The standard InChI is InChI=1S/C13H15ClN2OS/c1-8-5-9(7-18-8)13(16-15)11-6-10(14)3-4-12(11)17-2/h3-7,13,16H,15H2,1-2H3. The van der Waals surface area contributed by atoms with Gasteiger partial charge in [-0.05, 0) is 42.1 Å². The first kappa shape index (κ1) is 13.4. The lowest BCUT2D eigenvalue weighted by molar-refractivity contribution is 0.404. The van der Waals surface area contributed by atoms with Crippen LogP contribution in [0.2, 0.25) is 5.02 Å². The summed E-state index contributed by atoms with van der Waals surface area (Å²) in [6, 6.07) is 7.51. The van der Waals surface area contributed by atoms with E-state index < -0.39 is 0 Å². The Balaban J connectivity index is 2.47. The number of ether oxygens (including phenoxy) is 1. The van der Waals surface area contributed by atoms with E-state index >= 15 is 0 Å². The number of nitrogens with two attached hydrogens (primary N) is 1. The van der Waals surface area contributed by atoms with E-state index in [4.69, 9.17) is 22.2 Å². The lowest BCUT2D eigenvalue weighted by atomic mass is 10.0.